The largest absolute Gasteiger partial charge is 0.573 e. The van der Waals surface area contributed by atoms with E-state index in [2.05, 4.69) is 14.6 Å². The highest BCUT2D eigenvalue weighted by Crippen LogP contribution is 2.30. The molecule has 1 aliphatic heterocycles. The highest BCUT2D eigenvalue weighted by molar-refractivity contribution is 5.93. The van der Waals surface area contributed by atoms with Gasteiger partial charge in [-0.1, -0.05) is 30.7 Å². The zero-order valence-corrected chi connectivity index (χ0v) is 22.5. The average Bonchev–Trinajstić information content (AvgIpc) is 2.90. The maximum atomic E-state index is 12.8. The Labute approximate surface area is 231 Å². The number of carbonyl (C=O) groups excluding carboxylic acids is 1. The maximum Gasteiger partial charge on any atom is 0.573 e. The Morgan fingerprint density at radius 1 is 1.07 bits per heavy atom. The number of pyridine rings is 1. The summed E-state index contributed by atoms with van der Waals surface area (Å²) in [7, 11) is 0. The number of ether oxygens (including phenoxy) is 3. The minimum absolute atomic E-state index is 0.0699. The van der Waals surface area contributed by atoms with Gasteiger partial charge in [-0.2, -0.15) is 0 Å². The first-order valence-electron chi connectivity index (χ1n) is 13.3. The van der Waals surface area contributed by atoms with Crippen molar-refractivity contribution < 1.29 is 37.3 Å². The van der Waals surface area contributed by atoms with Gasteiger partial charge in [0.15, 0.2) is 0 Å². The van der Waals surface area contributed by atoms with Gasteiger partial charge in [-0.3, -0.25) is 0 Å². The number of hydrogen-bond donors (Lipinski definition) is 1. The summed E-state index contributed by atoms with van der Waals surface area (Å²) < 4.78 is 52.8. The highest BCUT2D eigenvalue weighted by Gasteiger charge is 2.31. The first-order valence-corrected chi connectivity index (χ1v) is 13.3. The second-order valence-corrected chi connectivity index (χ2v) is 9.88. The lowest BCUT2D eigenvalue weighted by Crippen LogP contribution is -2.47. The normalized spacial score (nSPS) is 17.5. The Bertz CT molecular complexity index is 1270. The summed E-state index contributed by atoms with van der Waals surface area (Å²) in [6.07, 6.45) is 0.229. The molecular weight excluding hydrogens is 525 g/mol. The number of rotatable bonds is 10. The molecular formula is C30H33F3N2O5. The number of halogens is 3. The van der Waals surface area contributed by atoms with E-state index in [-0.39, 0.29) is 30.3 Å². The molecule has 0 radical (unpaired) electrons. The molecule has 1 N–H and O–H groups in total. The van der Waals surface area contributed by atoms with E-state index in [0.29, 0.717) is 16.7 Å². The van der Waals surface area contributed by atoms with Crippen LogP contribution in [0.25, 0.3) is 11.1 Å². The van der Waals surface area contributed by atoms with E-state index in [1.807, 2.05) is 6.92 Å². The van der Waals surface area contributed by atoms with Gasteiger partial charge in [0.1, 0.15) is 17.3 Å². The number of nitrogens with zero attached hydrogens (tertiary/aromatic N) is 2. The van der Waals surface area contributed by atoms with E-state index in [1.165, 1.54) is 30.5 Å². The number of morpholine rings is 1. The van der Waals surface area contributed by atoms with Gasteiger partial charge in [0, 0.05) is 13.1 Å². The van der Waals surface area contributed by atoms with Crippen LogP contribution in [0.15, 0.2) is 60.8 Å². The molecule has 10 heteroatoms. The van der Waals surface area contributed by atoms with Gasteiger partial charge in [-0.25, -0.2) is 9.78 Å². The van der Waals surface area contributed by atoms with Crippen molar-refractivity contribution in [3.8, 4) is 22.6 Å². The molecule has 4 rings (SSSR count). The SMILES string of the molecule is Cc1c(C(=O)OCCCCCC2CN(c3ccc(O)cn3)CC(C)O2)cccc1-c1ccc(OC(F)(F)F)cc1. The van der Waals surface area contributed by atoms with Crippen molar-refractivity contribution in [2.24, 2.45) is 0 Å². The number of anilines is 1. The third-order valence-electron chi connectivity index (χ3n) is 6.74. The van der Waals surface area contributed by atoms with Crippen LogP contribution in [0.2, 0.25) is 0 Å². The third-order valence-corrected chi connectivity index (χ3v) is 6.74. The third kappa shape index (κ3) is 8.11. The van der Waals surface area contributed by atoms with E-state index >= 15 is 0 Å². The van der Waals surface area contributed by atoms with Crippen molar-refractivity contribution in [1.29, 1.82) is 0 Å². The number of hydrogen-bond acceptors (Lipinski definition) is 7. The molecule has 1 saturated heterocycles. The van der Waals surface area contributed by atoms with Crippen LogP contribution in [0.4, 0.5) is 19.0 Å². The minimum Gasteiger partial charge on any atom is -0.506 e. The molecule has 40 heavy (non-hydrogen) atoms. The number of aromatic nitrogens is 1. The van der Waals surface area contributed by atoms with Crippen LogP contribution in [0.3, 0.4) is 0 Å². The fourth-order valence-corrected chi connectivity index (χ4v) is 4.86. The van der Waals surface area contributed by atoms with Crippen molar-refractivity contribution >= 4 is 11.8 Å². The predicted molar refractivity (Wildman–Crippen MR) is 144 cm³/mol. The van der Waals surface area contributed by atoms with Crippen molar-refractivity contribution in [3.63, 3.8) is 0 Å². The first kappa shape index (κ1) is 29.2. The lowest BCUT2D eigenvalue weighted by Gasteiger charge is -2.37. The molecule has 2 unspecified atom stereocenters. The lowest BCUT2D eigenvalue weighted by molar-refractivity contribution is -0.274. The minimum atomic E-state index is -4.75. The summed E-state index contributed by atoms with van der Waals surface area (Å²) in [5.74, 6) is 0.216. The van der Waals surface area contributed by atoms with Crippen LogP contribution in [-0.4, -0.2) is 54.3 Å². The summed E-state index contributed by atoms with van der Waals surface area (Å²) in [6.45, 7) is 5.58. The molecule has 7 nitrogen and oxygen atoms in total. The standard InChI is InChI=1S/C30H33F3N2O5/c1-20-18-35(28-15-12-23(36)17-34-28)19-25(39-20)7-4-3-5-16-38-29(37)27-9-6-8-26(21(27)2)22-10-13-24(14-11-22)40-30(31,32)33/h6,8-15,17,20,25,36H,3-5,7,16,18-19H2,1-2H3. The molecule has 0 amide bonds. The van der Waals surface area contributed by atoms with Gasteiger partial charge in [-0.05, 0) is 80.1 Å². The van der Waals surface area contributed by atoms with Crippen molar-refractivity contribution in [2.75, 3.05) is 24.6 Å². The molecule has 1 fully saturated rings. The number of benzene rings is 2. The summed E-state index contributed by atoms with van der Waals surface area (Å²) >= 11 is 0. The lowest BCUT2D eigenvalue weighted by atomic mass is 9.96. The van der Waals surface area contributed by atoms with Crippen LogP contribution < -0.4 is 9.64 Å². The Morgan fingerprint density at radius 3 is 2.55 bits per heavy atom. The van der Waals surface area contributed by atoms with E-state index in [9.17, 15) is 23.1 Å². The molecule has 0 aliphatic carbocycles. The summed E-state index contributed by atoms with van der Waals surface area (Å²) in [4.78, 5) is 19.2. The molecule has 0 saturated carbocycles. The smallest absolute Gasteiger partial charge is 0.506 e. The molecule has 0 spiro atoms. The monoisotopic (exact) mass is 558 g/mol. The molecule has 1 aromatic heterocycles. The van der Waals surface area contributed by atoms with Crippen molar-refractivity contribution in [3.05, 3.63) is 71.9 Å². The molecule has 214 valence electrons. The predicted octanol–water partition coefficient (Wildman–Crippen LogP) is 6.67. The maximum absolute atomic E-state index is 12.8. The molecule has 2 aromatic carbocycles. The number of unbranched alkanes of at least 4 members (excludes halogenated alkanes) is 2. The number of aromatic hydroxyl groups is 1. The zero-order chi connectivity index (χ0) is 28.7. The number of carbonyl (C=O) groups is 1. The quantitative estimate of drug-likeness (QED) is 0.220. The van der Waals surface area contributed by atoms with Crippen LogP contribution >= 0.6 is 0 Å². The van der Waals surface area contributed by atoms with E-state index in [1.54, 1.807) is 37.3 Å². The van der Waals surface area contributed by atoms with E-state index in [4.69, 9.17) is 9.47 Å². The average molecular weight is 559 g/mol. The second kappa shape index (κ2) is 13.0. The Balaban J connectivity index is 1.22. The molecule has 0 bridgehead atoms. The Morgan fingerprint density at radius 2 is 1.85 bits per heavy atom. The number of esters is 1. The fourth-order valence-electron chi connectivity index (χ4n) is 4.86. The molecule has 2 atom stereocenters. The van der Waals surface area contributed by atoms with E-state index in [0.717, 1.165) is 50.2 Å². The second-order valence-electron chi connectivity index (χ2n) is 9.88. The van der Waals surface area contributed by atoms with Crippen LogP contribution in [0, 0.1) is 6.92 Å². The van der Waals surface area contributed by atoms with E-state index < -0.39 is 12.3 Å². The van der Waals surface area contributed by atoms with Gasteiger partial charge in [0.05, 0.1) is 30.6 Å². The first-order chi connectivity index (χ1) is 19.1. The van der Waals surface area contributed by atoms with Crippen molar-refractivity contribution in [2.45, 2.75) is 58.1 Å². The van der Waals surface area contributed by atoms with Gasteiger partial charge in [0.25, 0.3) is 0 Å². The molecule has 2 heterocycles. The topological polar surface area (TPSA) is 81.1 Å². The summed E-state index contributed by atoms with van der Waals surface area (Å²) in [6, 6.07) is 14.2. The van der Waals surface area contributed by atoms with Crippen LogP contribution in [0.5, 0.6) is 11.5 Å². The molecule has 3 aromatic rings. The van der Waals surface area contributed by atoms with Crippen molar-refractivity contribution in [1.82, 2.24) is 4.98 Å². The Kier molecular flexibility index (Phi) is 9.52. The van der Waals surface area contributed by atoms with Gasteiger partial charge >= 0.3 is 12.3 Å². The summed E-state index contributed by atoms with van der Waals surface area (Å²) in [5, 5.41) is 9.49. The fraction of sp³-hybridized carbons (Fsp3) is 0.400. The number of alkyl halides is 3. The van der Waals surface area contributed by atoms with Gasteiger partial charge in [0.2, 0.25) is 0 Å². The summed E-state index contributed by atoms with van der Waals surface area (Å²) in [5.41, 5.74) is 2.50. The van der Waals surface area contributed by atoms with Crippen LogP contribution in [-0.2, 0) is 9.47 Å². The Hall–Kier alpha value is -3.79. The van der Waals surface area contributed by atoms with Crippen LogP contribution in [0.1, 0.15) is 48.5 Å². The van der Waals surface area contributed by atoms with Gasteiger partial charge in [-0.15, -0.1) is 13.2 Å². The zero-order valence-electron chi connectivity index (χ0n) is 22.5. The molecule has 1 aliphatic rings. The highest BCUT2D eigenvalue weighted by atomic mass is 19.4. The van der Waals surface area contributed by atoms with Gasteiger partial charge < -0.3 is 24.2 Å².